The van der Waals surface area contributed by atoms with Gasteiger partial charge in [0.15, 0.2) is 5.78 Å². The van der Waals surface area contributed by atoms with Crippen molar-refractivity contribution in [1.29, 1.82) is 0 Å². The number of pyridine rings is 2. The summed E-state index contributed by atoms with van der Waals surface area (Å²) in [5.74, 6) is -1.37. The number of hydrogen-bond donors (Lipinski definition) is 1. The van der Waals surface area contributed by atoms with E-state index in [1.54, 1.807) is 68.4 Å². The number of ketones is 1. The molecule has 0 unspecified atom stereocenters. The number of anilines is 1. The van der Waals surface area contributed by atoms with Crippen LogP contribution in [0.3, 0.4) is 0 Å². The second kappa shape index (κ2) is 10.5. The van der Waals surface area contributed by atoms with Crippen molar-refractivity contribution in [2.45, 2.75) is 20.4 Å². The summed E-state index contributed by atoms with van der Waals surface area (Å²) < 4.78 is 6.44. The quantitative estimate of drug-likeness (QED) is 0.296. The summed E-state index contributed by atoms with van der Waals surface area (Å²) in [5, 5.41) is 3.34. The molecule has 0 atom stereocenters. The van der Waals surface area contributed by atoms with E-state index < -0.39 is 23.1 Å². The van der Waals surface area contributed by atoms with Crippen LogP contribution in [0.4, 0.5) is 5.69 Å². The van der Waals surface area contributed by atoms with Crippen LogP contribution in [-0.2, 0) is 16.1 Å². The van der Waals surface area contributed by atoms with Gasteiger partial charge in [-0.05, 0) is 62.4 Å². The molecule has 36 heavy (non-hydrogen) atoms. The minimum atomic E-state index is -0.506. The standard InChI is InChI=1S/C27H22ClN3O5/c1-3-36-27(35)17-8-10-20(11-9-17)30-23(32)15-31-14-22(24(33)18-5-4-6-19(28)13-18)25(34)21-12-7-16(2)29-26(21)31/h4-14H,3,15H2,1-2H3,(H,30,32). The molecule has 8 nitrogen and oxygen atoms in total. The van der Waals surface area contributed by atoms with Gasteiger partial charge >= 0.3 is 5.97 Å². The Labute approximate surface area is 211 Å². The van der Waals surface area contributed by atoms with Gasteiger partial charge in [-0.1, -0.05) is 23.7 Å². The van der Waals surface area contributed by atoms with Crippen LogP contribution in [-0.4, -0.2) is 33.8 Å². The Morgan fingerprint density at radius 1 is 1.03 bits per heavy atom. The van der Waals surface area contributed by atoms with Gasteiger partial charge in [-0.2, -0.15) is 0 Å². The summed E-state index contributed by atoms with van der Waals surface area (Å²) in [7, 11) is 0. The van der Waals surface area contributed by atoms with Crippen LogP contribution in [0.5, 0.6) is 0 Å². The fourth-order valence-corrected chi connectivity index (χ4v) is 3.88. The number of ether oxygens (including phenoxy) is 1. The third-order valence-corrected chi connectivity index (χ3v) is 5.62. The predicted molar refractivity (Wildman–Crippen MR) is 137 cm³/mol. The zero-order valence-electron chi connectivity index (χ0n) is 19.6. The summed E-state index contributed by atoms with van der Waals surface area (Å²) >= 11 is 6.02. The van der Waals surface area contributed by atoms with Gasteiger partial charge in [-0.3, -0.25) is 14.4 Å². The Morgan fingerprint density at radius 2 is 1.78 bits per heavy atom. The lowest BCUT2D eigenvalue weighted by Gasteiger charge is -2.13. The Kier molecular flexibility index (Phi) is 7.26. The van der Waals surface area contributed by atoms with Crippen LogP contribution >= 0.6 is 11.6 Å². The highest BCUT2D eigenvalue weighted by molar-refractivity contribution is 6.31. The Balaban J connectivity index is 1.66. The molecule has 0 saturated heterocycles. The summed E-state index contributed by atoms with van der Waals surface area (Å²) in [4.78, 5) is 55.5. The average Bonchev–Trinajstić information content (AvgIpc) is 2.86. The van der Waals surface area contributed by atoms with Crippen molar-refractivity contribution in [2.24, 2.45) is 0 Å². The van der Waals surface area contributed by atoms with Crippen LogP contribution < -0.4 is 10.7 Å². The topological polar surface area (TPSA) is 107 Å². The number of nitrogens with zero attached hydrogens (tertiary/aromatic N) is 2. The van der Waals surface area contributed by atoms with Gasteiger partial charge in [0.1, 0.15) is 12.2 Å². The van der Waals surface area contributed by atoms with E-state index >= 15 is 0 Å². The minimum Gasteiger partial charge on any atom is -0.462 e. The fraction of sp³-hybridized carbons (Fsp3) is 0.148. The molecule has 0 aliphatic carbocycles. The molecule has 1 amide bonds. The number of esters is 1. The number of hydrogen-bond acceptors (Lipinski definition) is 6. The van der Waals surface area contributed by atoms with Crippen molar-refractivity contribution >= 4 is 46.0 Å². The first-order valence-corrected chi connectivity index (χ1v) is 11.5. The third kappa shape index (κ3) is 5.34. The number of rotatable bonds is 7. The molecule has 0 saturated carbocycles. The van der Waals surface area contributed by atoms with Crippen molar-refractivity contribution < 1.29 is 19.1 Å². The number of nitrogens with one attached hydrogen (secondary N) is 1. The monoisotopic (exact) mass is 503 g/mol. The zero-order valence-corrected chi connectivity index (χ0v) is 20.3. The lowest BCUT2D eigenvalue weighted by Crippen LogP contribution is -2.25. The average molecular weight is 504 g/mol. The Morgan fingerprint density at radius 3 is 2.47 bits per heavy atom. The van der Waals surface area contributed by atoms with E-state index in [0.717, 1.165) is 0 Å². The Bertz CT molecular complexity index is 1540. The SMILES string of the molecule is CCOC(=O)c1ccc(NC(=O)Cn2cc(C(=O)c3cccc(Cl)c3)c(=O)c3ccc(C)nc32)cc1. The van der Waals surface area contributed by atoms with Gasteiger partial charge in [-0.15, -0.1) is 0 Å². The first-order valence-electron chi connectivity index (χ1n) is 11.1. The van der Waals surface area contributed by atoms with E-state index in [1.165, 1.54) is 16.8 Å². The lowest BCUT2D eigenvalue weighted by atomic mass is 10.0. The molecule has 2 heterocycles. The summed E-state index contributed by atoms with van der Waals surface area (Å²) in [6, 6.07) is 15.9. The van der Waals surface area contributed by atoms with E-state index in [4.69, 9.17) is 16.3 Å². The van der Waals surface area contributed by atoms with Crippen LogP contribution in [0.1, 0.15) is 38.9 Å². The molecule has 0 fully saturated rings. The van der Waals surface area contributed by atoms with E-state index in [1.807, 2.05) is 0 Å². The highest BCUT2D eigenvalue weighted by Crippen LogP contribution is 2.17. The molecule has 0 radical (unpaired) electrons. The second-order valence-corrected chi connectivity index (χ2v) is 8.45. The second-order valence-electron chi connectivity index (χ2n) is 8.01. The number of halogens is 1. The van der Waals surface area contributed by atoms with Crippen LogP contribution in [0.2, 0.25) is 5.02 Å². The minimum absolute atomic E-state index is 0.0954. The number of carbonyl (C=O) groups excluding carboxylic acids is 3. The fourth-order valence-electron chi connectivity index (χ4n) is 3.69. The number of carbonyl (C=O) groups is 3. The Hall–Kier alpha value is -4.30. The lowest BCUT2D eigenvalue weighted by molar-refractivity contribution is -0.116. The van der Waals surface area contributed by atoms with Crippen LogP contribution in [0.25, 0.3) is 11.0 Å². The maximum Gasteiger partial charge on any atom is 0.338 e. The molecule has 182 valence electrons. The maximum atomic E-state index is 13.2. The number of benzene rings is 2. The number of amides is 1. The van der Waals surface area contributed by atoms with Crippen molar-refractivity contribution in [1.82, 2.24) is 9.55 Å². The molecule has 2 aromatic carbocycles. The van der Waals surface area contributed by atoms with E-state index in [0.29, 0.717) is 22.0 Å². The molecular formula is C27H22ClN3O5. The van der Waals surface area contributed by atoms with E-state index in [9.17, 15) is 19.2 Å². The zero-order chi connectivity index (χ0) is 25.8. The molecular weight excluding hydrogens is 482 g/mol. The normalized spacial score (nSPS) is 10.8. The largest absolute Gasteiger partial charge is 0.462 e. The molecule has 0 bridgehead atoms. The number of fused-ring (bicyclic) bond motifs is 1. The summed E-state index contributed by atoms with van der Waals surface area (Å²) in [6.07, 6.45) is 1.35. The van der Waals surface area contributed by atoms with Gasteiger partial charge in [0, 0.05) is 28.2 Å². The van der Waals surface area contributed by atoms with Crippen molar-refractivity contribution in [3.05, 3.63) is 104 Å². The molecule has 0 aliphatic rings. The highest BCUT2D eigenvalue weighted by atomic mass is 35.5. The van der Waals surface area contributed by atoms with Gasteiger partial charge in [-0.25, -0.2) is 9.78 Å². The molecule has 9 heteroatoms. The van der Waals surface area contributed by atoms with Gasteiger partial charge in [0.25, 0.3) is 0 Å². The number of aromatic nitrogens is 2. The predicted octanol–water partition coefficient (Wildman–Crippen LogP) is 4.40. The van der Waals surface area contributed by atoms with Crippen molar-refractivity contribution in [2.75, 3.05) is 11.9 Å². The maximum absolute atomic E-state index is 13.2. The van der Waals surface area contributed by atoms with Gasteiger partial charge < -0.3 is 14.6 Å². The molecule has 0 aliphatic heterocycles. The first-order chi connectivity index (χ1) is 17.3. The van der Waals surface area contributed by atoms with Gasteiger partial charge in [0.05, 0.1) is 23.1 Å². The highest BCUT2D eigenvalue weighted by Gasteiger charge is 2.19. The molecule has 0 spiro atoms. The van der Waals surface area contributed by atoms with E-state index in [2.05, 4.69) is 10.3 Å². The first kappa shape index (κ1) is 24.8. The molecule has 2 aromatic heterocycles. The van der Waals surface area contributed by atoms with Gasteiger partial charge in [0.2, 0.25) is 11.3 Å². The van der Waals surface area contributed by atoms with Crippen LogP contribution in [0.15, 0.2) is 71.7 Å². The number of aryl methyl sites for hydroxylation is 1. The van der Waals surface area contributed by atoms with Crippen LogP contribution in [0, 0.1) is 6.92 Å². The molecule has 4 aromatic rings. The summed E-state index contributed by atoms with van der Waals surface area (Å²) in [5.41, 5.74) is 1.46. The molecule has 4 rings (SSSR count). The smallest absolute Gasteiger partial charge is 0.338 e. The molecule has 1 N–H and O–H groups in total. The van der Waals surface area contributed by atoms with Crippen molar-refractivity contribution in [3.8, 4) is 0 Å². The summed E-state index contributed by atoms with van der Waals surface area (Å²) in [6.45, 7) is 3.55. The van der Waals surface area contributed by atoms with Crippen molar-refractivity contribution in [3.63, 3.8) is 0 Å². The third-order valence-electron chi connectivity index (χ3n) is 5.39. The van der Waals surface area contributed by atoms with E-state index in [-0.39, 0.29) is 35.3 Å².